The number of imide groups is 1. The van der Waals surface area contributed by atoms with Crippen LogP contribution in [0.5, 0.6) is 0 Å². The van der Waals surface area contributed by atoms with Crippen molar-refractivity contribution in [3.8, 4) is 11.3 Å². The Morgan fingerprint density at radius 1 is 1.10 bits per heavy atom. The highest BCUT2D eigenvalue weighted by Gasteiger charge is 2.35. The number of carbonyl (C=O) groups is 2. The quantitative estimate of drug-likeness (QED) is 0.285. The zero-order valence-corrected chi connectivity index (χ0v) is 16.9. The second kappa shape index (κ2) is 8.17. The van der Waals surface area contributed by atoms with Crippen molar-refractivity contribution in [3.63, 3.8) is 0 Å². The molecule has 1 saturated heterocycles. The molecule has 1 aromatic heterocycles. The molecule has 2 aromatic carbocycles. The molecular weight excluding hydrogens is 428 g/mol. The van der Waals surface area contributed by atoms with E-state index < -0.39 is 10.8 Å². The molecule has 0 bridgehead atoms. The van der Waals surface area contributed by atoms with Gasteiger partial charge in [0.1, 0.15) is 11.5 Å². The minimum atomic E-state index is -0.543. The number of carbonyl (C=O) groups excluding carboxylic acids is 2. The standard InChI is InChI=1S/C21H13ClN2O5S/c22-14-6-8-16(17(10-14)24(27)28)18-9-7-15(29-18)11-19-20(25)23(21(26)30-19)12-13-4-2-1-3-5-13/h1-11H,12H2/b19-11+. The molecule has 30 heavy (non-hydrogen) atoms. The van der Waals surface area contributed by atoms with E-state index in [0.29, 0.717) is 5.76 Å². The number of rotatable bonds is 5. The fraction of sp³-hybridized carbons (Fsp3) is 0.0476. The van der Waals surface area contributed by atoms with Crippen LogP contribution >= 0.6 is 23.4 Å². The van der Waals surface area contributed by atoms with Crippen LogP contribution in [0.15, 0.2) is 70.0 Å². The van der Waals surface area contributed by atoms with Gasteiger partial charge in [-0.2, -0.15) is 0 Å². The molecule has 0 saturated carbocycles. The summed E-state index contributed by atoms with van der Waals surface area (Å²) in [5.41, 5.74) is 0.921. The smallest absolute Gasteiger partial charge is 0.293 e. The molecule has 1 fully saturated rings. The summed E-state index contributed by atoms with van der Waals surface area (Å²) in [6.07, 6.45) is 1.46. The van der Waals surface area contributed by atoms with Gasteiger partial charge in [-0.15, -0.1) is 0 Å². The molecule has 0 N–H and O–H groups in total. The summed E-state index contributed by atoms with van der Waals surface area (Å²) in [6, 6.07) is 16.6. The van der Waals surface area contributed by atoms with Gasteiger partial charge in [0.2, 0.25) is 0 Å². The lowest BCUT2D eigenvalue weighted by Crippen LogP contribution is -2.27. The molecule has 9 heteroatoms. The molecule has 7 nitrogen and oxygen atoms in total. The number of benzene rings is 2. The average Bonchev–Trinajstić information content (AvgIpc) is 3.29. The molecule has 1 aliphatic rings. The first kappa shape index (κ1) is 19.9. The highest BCUT2D eigenvalue weighted by atomic mass is 35.5. The van der Waals surface area contributed by atoms with E-state index in [2.05, 4.69) is 0 Å². The number of nitrogens with zero attached hydrogens (tertiary/aromatic N) is 2. The van der Waals surface area contributed by atoms with Gasteiger partial charge in [0.05, 0.1) is 21.9 Å². The monoisotopic (exact) mass is 440 g/mol. The number of hydrogen-bond donors (Lipinski definition) is 0. The first-order valence-corrected chi connectivity index (χ1v) is 9.95. The lowest BCUT2D eigenvalue weighted by molar-refractivity contribution is -0.384. The first-order chi connectivity index (χ1) is 14.4. The zero-order chi connectivity index (χ0) is 21.3. The van der Waals surface area contributed by atoms with Crippen LogP contribution in [-0.2, 0) is 11.3 Å². The topological polar surface area (TPSA) is 93.7 Å². The molecule has 0 aliphatic carbocycles. The molecule has 2 amide bonds. The largest absolute Gasteiger partial charge is 0.456 e. The molecule has 0 unspecified atom stereocenters. The maximum absolute atomic E-state index is 12.7. The number of hydrogen-bond acceptors (Lipinski definition) is 6. The third-order valence-electron chi connectivity index (χ3n) is 4.38. The zero-order valence-electron chi connectivity index (χ0n) is 15.3. The van der Waals surface area contributed by atoms with Crippen LogP contribution in [0.2, 0.25) is 5.02 Å². The van der Waals surface area contributed by atoms with Crippen LogP contribution in [-0.4, -0.2) is 21.0 Å². The molecule has 0 radical (unpaired) electrons. The number of amides is 2. The van der Waals surface area contributed by atoms with Crippen LogP contribution in [0.25, 0.3) is 17.4 Å². The minimum absolute atomic E-state index is 0.184. The Labute approximate surface area is 180 Å². The number of halogens is 1. The fourth-order valence-electron chi connectivity index (χ4n) is 2.97. The Morgan fingerprint density at radius 3 is 2.60 bits per heavy atom. The number of nitro groups is 1. The second-order valence-corrected chi connectivity index (χ2v) is 7.80. The summed E-state index contributed by atoms with van der Waals surface area (Å²) in [7, 11) is 0. The molecule has 4 rings (SSSR count). The molecular formula is C21H13ClN2O5S. The van der Waals surface area contributed by atoms with Gasteiger partial charge in [0.15, 0.2) is 0 Å². The summed E-state index contributed by atoms with van der Waals surface area (Å²) < 4.78 is 5.68. The van der Waals surface area contributed by atoms with Crippen molar-refractivity contribution in [2.45, 2.75) is 6.54 Å². The Balaban J connectivity index is 1.58. The van der Waals surface area contributed by atoms with Gasteiger partial charge in [0, 0.05) is 17.2 Å². The predicted molar refractivity (Wildman–Crippen MR) is 114 cm³/mol. The summed E-state index contributed by atoms with van der Waals surface area (Å²) in [5, 5.41) is 11.2. The third kappa shape index (κ3) is 4.00. The van der Waals surface area contributed by atoms with E-state index in [1.165, 1.54) is 29.2 Å². The number of thioether (sulfide) groups is 1. The summed E-state index contributed by atoms with van der Waals surface area (Å²) in [4.78, 5) is 37.1. The maximum Gasteiger partial charge on any atom is 0.293 e. The number of furan rings is 1. The van der Waals surface area contributed by atoms with Crippen molar-refractivity contribution in [1.29, 1.82) is 0 Å². The lowest BCUT2D eigenvalue weighted by Gasteiger charge is -2.11. The van der Waals surface area contributed by atoms with E-state index in [1.54, 1.807) is 12.1 Å². The van der Waals surface area contributed by atoms with E-state index in [4.69, 9.17) is 16.0 Å². The van der Waals surface area contributed by atoms with Crippen molar-refractivity contribution >= 4 is 46.3 Å². The van der Waals surface area contributed by atoms with Gasteiger partial charge in [-0.1, -0.05) is 41.9 Å². The van der Waals surface area contributed by atoms with Crippen LogP contribution in [0.3, 0.4) is 0 Å². The highest BCUT2D eigenvalue weighted by Crippen LogP contribution is 2.36. The third-order valence-corrected chi connectivity index (χ3v) is 5.52. The van der Waals surface area contributed by atoms with E-state index in [1.807, 2.05) is 30.3 Å². The number of nitro benzene ring substituents is 1. The van der Waals surface area contributed by atoms with Gasteiger partial charge in [-0.3, -0.25) is 24.6 Å². The predicted octanol–water partition coefficient (Wildman–Crippen LogP) is 5.74. The van der Waals surface area contributed by atoms with Crippen molar-refractivity contribution in [1.82, 2.24) is 4.90 Å². The lowest BCUT2D eigenvalue weighted by atomic mass is 10.1. The van der Waals surface area contributed by atoms with Crippen molar-refractivity contribution in [2.75, 3.05) is 0 Å². The Kier molecular flexibility index (Phi) is 5.43. The van der Waals surface area contributed by atoms with Crippen molar-refractivity contribution < 1.29 is 18.9 Å². The minimum Gasteiger partial charge on any atom is -0.456 e. The Hall–Kier alpha value is -3.36. The molecule has 150 valence electrons. The van der Waals surface area contributed by atoms with E-state index in [-0.39, 0.29) is 38.7 Å². The Morgan fingerprint density at radius 2 is 1.87 bits per heavy atom. The second-order valence-electron chi connectivity index (χ2n) is 6.37. The molecule has 0 atom stereocenters. The van der Waals surface area contributed by atoms with E-state index in [0.717, 1.165) is 17.3 Å². The van der Waals surface area contributed by atoms with Crippen LogP contribution in [0, 0.1) is 10.1 Å². The van der Waals surface area contributed by atoms with Crippen molar-refractivity contribution in [2.24, 2.45) is 0 Å². The maximum atomic E-state index is 12.7. The summed E-state index contributed by atoms with van der Waals surface area (Å²) in [5.74, 6) is 0.150. The summed E-state index contributed by atoms with van der Waals surface area (Å²) >= 11 is 6.67. The van der Waals surface area contributed by atoms with Crippen LogP contribution in [0.4, 0.5) is 10.5 Å². The van der Waals surface area contributed by atoms with E-state index in [9.17, 15) is 19.7 Å². The highest BCUT2D eigenvalue weighted by molar-refractivity contribution is 8.18. The molecule has 0 spiro atoms. The Bertz CT molecular complexity index is 1190. The normalized spacial score (nSPS) is 15.2. The SMILES string of the molecule is O=C1S/C(=C/c2ccc(-c3ccc(Cl)cc3[N+](=O)[O-])o2)C(=O)N1Cc1ccccc1. The molecule has 1 aliphatic heterocycles. The van der Waals surface area contributed by atoms with Gasteiger partial charge < -0.3 is 4.42 Å². The van der Waals surface area contributed by atoms with Gasteiger partial charge in [0.25, 0.3) is 16.8 Å². The van der Waals surface area contributed by atoms with E-state index >= 15 is 0 Å². The van der Waals surface area contributed by atoms with Gasteiger partial charge >= 0.3 is 0 Å². The summed E-state index contributed by atoms with van der Waals surface area (Å²) in [6.45, 7) is 0.184. The fourth-order valence-corrected chi connectivity index (χ4v) is 3.96. The average molecular weight is 441 g/mol. The first-order valence-electron chi connectivity index (χ1n) is 8.76. The van der Waals surface area contributed by atoms with Gasteiger partial charge in [-0.05, 0) is 41.6 Å². The van der Waals surface area contributed by atoms with Gasteiger partial charge in [-0.25, -0.2) is 0 Å². The van der Waals surface area contributed by atoms with Crippen LogP contribution < -0.4 is 0 Å². The van der Waals surface area contributed by atoms with Crippen molar-refractivity contribution in [3.05, 3.63) is 92.0 Å². The molecule has 3 aromatic rings. The molecule has 2 heterocycles. The van der Waals surface area contributed by atoms with Crippen LogP contribution in [0.1, 0.15) is 11.3 Å².